The van der Waals surface area contributed by atoms with Crippen LogP contribution in [0.15, 0.2) is 54.6 Å². The van der Waals surface area contributed by atoms with E-state index >= 15 is 0 Å². The normalized spacial score (nSPS) is 18.5. The van der Waals surface area contributed by atoms with E-state index in [2.05, 4.69) is 32.3 Å². The van der Waals surface area contributed by atoms with Crippen molar-refractivity contribution < 1.29 is 4.79 Å². The average Bonchev–Trinajstić information content (AvgIpc) is 2.84. The van der Waals surface area contributed by atoms with Crippen LogP contribution in [0.3, 0.4) is 0 Å². The van der Waals surface area contributed by atoms with Gasteiger partial charge >= 0.3 is 0 Å². The van der Waals surface area contributed by atoms with E-state index in [9.17, 15) is 4.79 Å². The molecule has 6 nitrogen and oxygen atoms in total. The van der Waals surface area contributed by atoms with E-state index in [1.807, 2.05) is 42.5 Å². The lowest BCUT2D eigenvalue weighted by molar-refractivity contribution is -0.121. The minimum Gasteiger partial charge on any atom is -0.383 e. The molecule has 0 bridgehead atoms. The highest BCUT2D eigenvalue weighted by Gasteiger charge is 2.27. The topological polar surface area (TPSA) is 84.1 Å². The van der Waals surface area contributed by atoms with Crippen LogP contribution in [0.25, 0.3) is 10.9 Å². The van der Waals surface area contributed by atoms with Crippen molar-refractivity contribution in [2.24, 2.45) is 0 Å². The molecule has 0 unspecified atom stereocenters. The Hall–Kier alpha value is -2.99. The van der Waals surface area contributed by atoms with Gasteiger partial charge in [0.25, 0.3) is 0 Å². The van der Waals surface area contributed by atoms with E-state index in [4.69, 9.17) is 5.73 Å². The van der Waals surface area contributed by atoms with Gasteiger partial charge in [-0.2, -0.15) is 0 Å². The van der Waals surface area contributed by atoms with Gasteiger partial charge in [0.15, 0.2) is 0 Å². The first-order valence-electron chi connectivity index (χ1n) is 8.77. The number of fused-ring (bicyclic) bond motifs is 1. The predicted octanol–water partition coefficient (Wildman–Crippen LogP) is 2.28. The fraction of sp³-hybridized carbons (Fsp3) is 0.250. The zero-order valence-electron chi connectivity index (χ0n) is 14.4. The van der Waals surface area contributed by atoms with E-state index in [0.717, 1.165) is 23.0 Å². The van der Waals surface area contributed by atoms with Gasteiger partial charge in [-0.15, -0.1) is 0 Å². The number of anilines is 1. The molecule has 132 valence electrons. The molecule has 1 fully saturated rings. The third-order valence-electron chi connectivity index (χ3n) is 4.75. The van der Waals surface area contributed by atoms with Crippen LogP contribution in [0.1, 0.15) is 23.9 Å². The number of nitrogen functional groups attached to an aromatic ring is 1. The van der Waals surface area contributed by atoms with Crippen molar-refractivity contribution >= 4 is 22.6 Å². The smallest absolute Gasteiger partial charge is 0.221 e. The molecule has 0 aliphatic carbocycles. The molecule has 0 saturated carbocycles. The van der Waals surface area contributed by atoms with Crippen LogP contribution >= 0.6 is 0 Å². The minimum atomic E-state index is -0.00463. The number of carbonyl (C=O) groups is 1. The molecular formula is C20H21N5O. The maximum Gasteiger partial charge on any atom is 0.221 e. The molecule has 1 aliphatic heterocycles. The first kappa shape index (κ1) is 16.5. The summed E-state index contributed by atoms with van der Waals surface area (Å²) >= 11 is 0. The highest BCUT2D eigenvalue weighted by atomic mass is 16.1. The summed E-state index contributed by atoms with van der Waals surface area (Å²) in [6.07, 6.45) is 0.424. The zero-order valence-corrected chi connectivity index (χ0v) is 14.4. The molecule has 26 heavy (non-hydrogen) atoms. The third kappa shape index (κ3) is 3.36. The second-order valence-electron chi connectivity index (χ2n) is 6.49. The maximum absolute atomic E-state index is 12.1. The Morgan fingerprint density at radius 1 is 1.08 bits per heavy atom. The summed E-state index contributed by atoms with van der Waals surface area (Å²) in [5, 5.41) is 3.82. The Morgan fingerprint density at radius 3 is 2.69 bits per heavy atom. The molecule has 6 heteroatoms. The first-order chi connectivity index (χ1) is 12.7. The van der Waals surface area contributed by atoms with Crippen LogP contribution in [0.2, 0.25) is 0 Å². The lowest BCUT2D eigenvalue weighted by Crippen LogP contribution is -2.31. The van der Waals surface area contributed by atoms with Crippen LogP contribution in [0.5, 0.6) is 0 Å². The molecule has 1 amide bonds. The van der Waals surface area contributed by atoms with Crippen molar-refractivity contribution in [3.63, 3.8) is 0 Å². The molecule has 4 rings (SSSR count). The number of nitrogens with one attached hydrogen (secondary N) is 1. The summed E-state index contributed by atoms with van der Waals surface area (Å²) in [6, 6.07) is 17.8. The molecule has 1 aromatic heterocycles. The molecule has 3 aromatic rings. The second-order valence-corrected chi connectivity index (χ2v) is 6.49. The first-order valence-corrected chi connectivity index (χ1v) is 8.77. The fourth-order valence-corrected chi connectivity index (χ4v) is 3.47. The lowest BCUT2D eigenvalue weighted by atomic mass is 10.0. The van der Waals surface area contributed by atoms with Gasteiger partial charge in [-0.1, -0.05) is 42.5 Å². The molecular weight excluding hydrogens is 326 g/mol. The van der Waals surface area contributed by atoms with Gasteiger partial charge in [0.1, 0.15) is 11.6 Å². The number of aromatic nitrogens is 2. The molecule has 1 atom stereocenters. The van der Waals surface area contributed by atoms with Crippen LogP contribution in [0.4, 0.5) is 5.82 Å². The number of amides is 1. The molecule has 2 heterocycles. The monoisotopic (exact) mass is 347 g/mol. The number of carbonyl (C=O) groups excluding carboxylic acids is 1. The van der Waals surface area contributed by atoms with Gasteiger partial charge in [-0.05, 0) is 17.7 Å². The van der Waals surface area contributed by atoms with Gasteiger partial charge in [0.2, 0.25) is 5.91 Å². The highest BCUT2D eigenvalue weighted by Crippen LogP contribution is 2.27. The quantitative estimate of drug-likeness (QED) is 0.759. The Morgan fingerprint density at radius 2 is 1.85 bits per heavy atom. The van der Waals surface area contributed by atoms with E-state index in [0.29, 0.717) is 31.2 Å². The molecule has 1 aliphatic rings. The largest absolute Gasteiger partial charge is 0.383 e. The predicted molar refractivity (Wildman–Crippen MR) is 101 cm³/mol. The van der Waals surface area contributed by atoms with Gasteiger partial charge < -0.3 is 11.1 Å². The molecule has 0 radical (unpaired) electrons. The van der Waals surface area contributed by atoms with Crippen molar-refractivity contribution in [2.75, 3.05) is 18.8 Å². The number of rotatable bonds is 3. The van der Waals surface area contributed by atoms with E-state index in [1.54, 1.807) is 0 Å². The summed E-state index contributed by atoms with van der Waals surface area (Å²) < 4.78 is 0. The van der Waals surface area contributed by atoms with Gasteiger partial charge in [-0.3, -0.25) is 9.69 Å². The minimum absolute atomic E-state index is 0.00463. The highest BCUT2D eigenvalue weighted by molar-refractivity contribution is 5.87. The van der Waals surface area contributed by atoms with Crippen LogP contribution in [-0.2, 0) is 11.3 Å². The third-order valence-corrected chi connectivity index (χ3v) is 4.75. The number of nitrogens with zero attached hydrogens (tertiary/aromatic N) is 3. The number of para-hydroxylation sites is 1. The van der Waals surface area contributed by atoms with E-state index in [-0.39, 0.29) is 11.9 Å². The summed E-state index contributed by atoms with van der Waals surface area (Å²) in [5.41, 5.74) is 8.09. The van der Waals surface area contributed by atoms with Crippen molar-refractivity contribution in [3.8, 4) is 0 Å². The Labute approximate surface area is 152 Å². The van der Waals surface area contributed by atoms with Crippen molar-refractivity contribution in [1.82, 2.24) is 20.2 Å². The number of hydrogen-bond donors (Lipinski definition) is 2. The summed E-state index contributed by atoms with van der Waals surface area (Å²) in [6.45, 7) is 1.90. The molecule has 3 N–H and O–H groups in total. The number of nitrogens with two attached hydrogens (primary N) is 1. The standard InChI is InChI=1S/C20H21N5O/c21-20-15-8-4-5-9-16(15)23-18(24-20)13-25-11-10-22-19(26)12-17(25)14-6-2-1-3-7-14/h1-9,17H,10-13H2,(H,22,26)(H2,21,23,24)/t17-/m1/s1. The second kappa shape index (κ2) is 7.09. The number of benzene rings is 2. The molecule has 0 spiro atoms. The summed E-state index contributed by atoms with van der Waals surface area (Å²) in [7, 11) is 0. The van der Waals surface area contributed by atoms with Gasteiger partial charge in [0.05, 0.1) is 12.1 Å². The van der Waals surface area contributed by atoms with E-state index in [1.165, 1.54) is 0 Å². The summed E-state index contributed by atoms with van der Waals surface area (Å²) in [4.78, 5) is 23.5. The number of hydrogen-bond acceptors (Lipinski definition) is 5. The van der Waals surface area contributed by atoms with E-state index < -0.39 is 0 Å². The fourth-order valence-electron chi connectivity index (χ4n) is 3.47. The SMILES string of the molecule is Nc1nc(CN2CCNC(=O)C[C@@H]2c2ccccc2)nc2ccccc12. The maximum atomic E-state index is 12.1. The van der Waals surface area contributed by atoms with Crippen molar-refractivity contribution in [3.05, 3.63) is 66.0 Å². The van der Waals surface area contributed by atoms with Crippen LogP contribution < -0.4 is 11.1 Å². The van der Waals surface area contributed by atoms with Gasteiger partial charge in [-0.25, -0.2) is 9.97 Å². The van der Waals surface area contributed by atoms with Crippen molar-refractivity contribution in [1.29, 1.82) is 0 Å². The lowest BCUT2D eigenvalue weighted by Gasteiger charge is -2.28. The Balaban J connectivity index is 1.67. The molecule has 1 saturated heterocycles. The zero-order chi connectivity index (χ0) is 17.9. The van der Waals surface area contributed by atoms with Crippen LogP contribution in [-0.4, -0.2) is 33.9 Å². The molecule has 2 aromatic carbocycles. The van der Waals surface area contributed by atoms with Crippen molar-refractivity contribution in [2.45, 2.75) is 19.0 Å². The Bertz CT molecular complexity index is 928. The average molecular weight is 347 g/mol. The summed E-state index contributed by atoms with van der Waals surface area (Å²) in [5.74, 6) is 1.24. The van der Waals surface area contributed by atoms with Gasteiger partial charge in [0, 0.05) is 30.9 Å². The van der Waals surface area contributed by atoms with Crippen LogP contribution in [0, 0.1) is 0 Å². The Kier molecular flexibility index (Phi) is 4.50.